The lowest BCUT2D eigenvalue weighted by atomic mass is 9.54. The van der Waals surface area contributed by atoms with Crippen LogP contribution in [0.4, 0.5) is 0 Å². The van der Waals surface area contributed by atoms with Gasteiger partial charge in [-0.3, -0.25) is 4.79 Å². The highest BCUT2D eigenvalue weighted by atomic mass is 16.4. The smallest absolute Gasteiger partial charge is 0.139 e. The monoisotopic (exact) mass is 332 g/mol. The number of ketones is 1. The number of ether oxygens (including phenoxy) is 1. The van der Waals surface area contributed by atoms with E-state index in [0.717, 1.165) is 19.3 Å². The van der Waals surface area contributed by atoms with Gasteiger partial charge in [0.05, 0.1) is 6.10 Å². The predicted octanol–water partition coefficient (Wildman–Crippen LogP) is 3.05. The minimum Gasteiger partial charge on any atom is -0.508 e. The number of Topliss-reactive ketones (excluding diaryl/α,β-unsaturated/α-hetero) is 1. The Morgan fingerprint density at radius 1 is 1.21 bits per heavy atom. The Morgan fingerprint density at radius 3 is 2.62 bits per heavy atom. The molecule has 0 spiro atoms. The zero-order valence-electron chi connectivity index (χ0n) is 14.8. The highest BCUT2D eigenvalue weighted by Gasteiger charge is 2.57. The second kappa shape index (κ2) is 6.49. The zero-order valence-corrected chi connectivity index (χ0v) is 14.8. The summed E-state index contributed by atoms with van der Waals surface area (Å²) < 4.78 is 4.25. The molecule has 2 saturated carbocycles. The number of carbonyl (C=O) groups is 1. The van der Waals surface area contributed by atoms with Gasteiger partial charge in [-0.25, -0.2) is 0 Å². The number of aliphatic hydroxyl groups excluding tert-OH is 1. The molecule has 4 nitrogen and oxygen atoms in total. The number of phenolic OH excluding ortho intramolecular Hbond substituents is 1. The fraction of sp³-hybridized carbons (Fsp3) is 0.650. The highest BCUT2D eigenvalue weighted by molar-refractivity contribution is 5.87. The Morgan fingerprint density at radius 2 is 1.92 bits per heavy atom. The van der Waals surface area contributed by atoms with Gasteiger partial charge in [-0.2, -0.15) is 0 Å². The first kappa shape index (κ1) is 17.4. The quantitative estimate of drug-likeness (QED) is 0.766. The van der Waals surface area contributed by atoms with Crippen LogP contribution in [0.5, 0.6) is 5.75 Å². The van der Waals surface area contributed by atoms with Crippen LogP contribution in [0, 0.1) is 17.3 Å². The van der Waals surface area contributed by atoms with Gasteiger partial charge in [0.1, 0.15) is 11.5 Å². The molecule has 5 atom stereocenters. The molecule has 1 aromatic rings. The van der Waals surface area contributed by atoms with Crippen LogP contribution in [0.3, 0.4) is 0 Å². The SMILES string of the molecule is COC.C[C@]12C[C@H](O)[C@@H]3c4ccc(O)cc4CC[C@H]3[C@@H]1CCC2=O. The van der Waals surface area contributed by atoms with Crippen LogP contribution in [0.2, 0.25) is 0 Å². The van der Waals surface area contributed by atoms with E-state index in [0.29, 0.717) is 36.2 Å². The third kappa shape index (κ3) is 2.66. The molecular formula is C20H28O4. The Bertz CT molecular complexity index is 626. The summed E-state index contributed by atoms with van der Waals surface area (Å²) in [4.78, 5) is 12.3. The summed E-state index contributed by atoms with van der Waals surface area (Å²) in [6.45, 7) is 2.07. The van der Waals surface area contributed by atoms with E-state index < -0.39 is 6.10 Å². The van der Waals surface area contributed by atoms with Crippen LogP contribution in [-0.4, -0.2) is 36.3 Å². The predicted molar refractivity (Wildman–Crippen MR) is 92.1 cm³/mol. The molecule has 2 N–H and O–H groups in total. The molecule has 24 heavy (non-hydrogen) atoms. The van der Waals surface area contributed by atoms with Crippen molar-refractivity contribution >= 4 is 5.78 Å². The molecule has 132 valence electrons. The zero-order chi connectivity index (χ0) is 17.5. The van der Waals surface area contributed by atoms with Crippen molar-refractivity contribution in [3.8, 4) is 5.75 Å². The maximum Gasteiger partial charge on any atom is 0.139 e. The molecule has 1 aromatic carbocycles. The Labute approximate surface area is 143 Å². The van der Waals surface area contributed by atoms with E-state index in [1.807, 2.05) is 12.1 Å². The number of methoxy groups -OCH3 is 1. The molecular weight excluding hydrogens is 304 g/mol. The number of benzene rings is 1. The Hall–Kier alpha value is -1.39. The average Bonchev–Trinajstić information content (AvgIpc) is 2.82. The van der Waals surface area contributed by atoms with E-state index in [-0.39, 0.29) is 11.3 Å². The van der Waals surface area contributed by atoms with Gasteiger partial charge in [0.2, 0.25) is 0 Å². The van der Waals surface area contributed by atoms with Crippen LogP contribution in [0.1, 0.15) is 49.7 Å². The fourth-order valence-corrected chi connectivity index (χ4v) is 5.42. The molecule has 3 aliphatic rings. The van der Waals surface area contributed by atoms with E-state index in [2.05, 4.69) is 11.7 Å². The lowest BCUT2D eigenvalue weighted by molar-refractivity contribution is -0.133. The molecule has 3 aliphatic carbocycles. The Kier molecular flexibility index (Phi) is 4.71. The first-order valence-electron chi connectivity index (χ1n) is 8.85. The van der Waals surface area contributed by atoms with Gasteiger partial charge in [0.15, 0.2) is 0 Å². The normalized spacial score (nSPS) is 36.9. The van der Waals surface area contributed by atoms with Crippen LogP contribution in [0.15, 0.2) is 18.2 Å². The van der Waals surface area contributed by atoms with Gasteiger partial charge in [-0.15, -0.1) is 0 Å². The van der Waals surface area contributed by atoms with Crippen molar-refractivity contribution in [1.29, 1.82) is 0 Å². The second-order valence-electron chi connectivity index (χ2n) is 7.78. The van der Waals surface area contributed by atoms with E-state index in [1.54, 1.807) is 20.3 Å². The van der Waals surface area contributed by atoms with Gasteiger partial charge in [0.25, 0.3) is 0 Å². The van der Waals surface area contributed by atoms with Gasteiger partial charge in [0, 0.05) is 32.0 Å². The highest BCUT2D eigenvalue weighted by Crippen LogP contribution is 2.59. The lowest BCUT2D eigenvalue weighted by Crippen LogP contribution is -2.48. The number of phenols is 1. The molecule has 0 bridgehead atoms. The van der Waals surface area contributed by atoms with Crippen molar-refractivity contribution in [2.45, 2.75) is 51.0 Å². The molecule has 0 heterocycles. The van der Waals surface area contributed by atoms with Crippen molar-refractivity contribution in [1.82, 2.24) is 0 Å². The van der Waals surface area contributed by atoms with Crippen LogP contribution in [0.25, 0.3) is 0 Å². The van der Waals surface area contributed by atoms with Gasteiger partial charge < -0.3 is 14.9 Å². The molecule has 0 saturated heterocycles. The minimum absolute atomic E-state index is 0.137. The third-order valence-corrected chi connectivity index (χ3v) is 6.40. The molecule has 4 rings (SSSR count). The summed E-state index contributed by atoms with van der Waals surface area (Å²) in [5, 5.41) is 20.4. The second-order valence-corrected chi connectivity index (χ2v) is 7.78. The van der Waals surface area contributed by atoms with Crippen LogP contribution in [-0.2, 0) is 16.0 Å². The summed E-state index contributed by atoms with van der Waals surface area (Å²) in [5.74, 6) is 1.61. The number of aryl methyl sites for hydroxylation is 1. The van der Waals surface area contributed by atoms with Crippen LogP contribution < -0.4 is 0 Å². The summed E-state index contributed by atoms with van der Waals surface area (Å²) in [5.41, 5.74) is 2.05. The molecule has 0 radical (unpaired) electrons. The van der Waals surface area contributed by atoms with E-state index in [9.17, 15) is 15.0 Å². The standard InChI is InChI=1S/C18H22O3.C2H6O/c1-18-9-15(20)17-12-5-3-11(19)8-10(12)2-4-13(17)14(18)6-7-16(18)21;1-3-2/h3,5,8,13-15,17,19-20H,2,4,6-7,9H2,1H3;1-2H3/t13-,14-,15-,17+,18-;/m0./s1. The first-order chi connectivity index (χ1) is 11.4. The summed E-state index contributed by atoms with van der Waals surface area (Å²) >= 11 is 0. The number of rotatable bonds is 0. The molecule has 0 aliphatic heterocycles. The van der Waals surface area contributed by atoms with Gasteiger partial charge >= 0.3 is 0 Å². The number of hydrogen-bond acceptors (Lipinski definition) is 4. The van der Waals surface area contributed by atoms with Crippen molar-refractivity contribution in [2.24, 2.45) is 17.3 Å². The molecule has 0 unspecified atom stereocenters. The number of fused-ring (bicyclic) bond motifs is 5. The van der Waals surface area contributed by atoms with Crippen molar-refractivity contribution in [2.75, 3.05) is 14.2 Å². The Balaban J connectivity index is 0.000000526. The van der Waals surface area contributed by atoms with E-state index in [4.69, 9.17) is 0 Å². The van der Waals surface area contributed by atoms with Crippen molar-refractivity contribution in [3.05, 3.63) is 29.3 Å². The molecule has 0 aromatic heterocycles. The summed E-state index contributed by atoms with van der Waals surface area (Å²) in [6.07, 6.45) is 3.78. The maximum atomic E-state index is 12.3. The minimum atomic E-state index is -0.443. The number of aliphatic hydroxyl groups is 1. The molecule has 4 heteroatoms. The summed E-state index contributed by atoms with van der Waals surface area (Å²) in [6, 6.07) is 5.54. The summed E-state index contributed by atoms with van der Waals surface area (Å²) in [7, 11) is 3.25. The van der Waals surface area contributed by atoms with E-state index in [1.165, 1.54) is 11.1 Å². The number of aromatic hydroxyl groups is 1. The molecule has 2 fully saturated rings. The maximum absolute atomic E-state index is 12.3. The number of carbonyl (C=O) groups excluding carboxylic acids is 1. The fourth-order valence-electron chi connectivity index (χ4n) is 5.42. The van der Waals surface area contributed by atoms with Gasteiger partial charge in [-0.05, 0) is 60.8 Å². The van der Waals surface area contributed by atoms with Crippen molar-refractivity contribution < 1.29 is 19.7 Å². The van der Waals surface area contributed by atoms with E-state index >= 15 is 0 Å². The first-order valence-corrected chi connectivity index (χ1v) is 8.85. The topological polar surface area (TPSA) is 66.8 Å². The largest absolute Gasteiger partial charge is 0.508 e. The van der Waals surface area contributed by atoms with Gasteiger partial charge in [-0.1, -0.05) is 13.0 Å². The van der Waals surface area contributed by atoms with Crippen LogP contribution >= 0.6 is 0 Å². The lowest BCUT2D eigenvalue weighted by Gasteiger charge is -2.50. The van der Waals surface area contributed by atoms with Crippen molar-refractivity contribution in [3.63, 3.8) is 0 Å². The third-order valence-electron chi connectivity index (χ3n) is 6.40. The average molecular weight is 332 g/mol. The number of hydrogen-bond donors (Lipinski definition) is 2. The molecule has 0 amide bonds.